The predicted molar refractivity (Wildman–Crippen MR) is 92.0 cm³/mol. The predicted octanol–water partition coefficient (Wildman–Crippen LogP) is 3.33. The summed E-state index contributed by atoms with van der Waals surface area (Å²) in [5.41, 5.74) is 7.45. The van der Waals surface area contributed by atoms with E-state index in [1.807, 2.05) is 45.0 Å². The van der Waals surface area contributed by atoms with Crippen molar-refractivity contribution < 1.29 is 4.79 Å². The molecule has 120 valence electrons. The Morgan fingerprint density at radius 3 is 2.33 bits per heavy atom. The van der Waals surface area contributed by atoms with E-state index < -0.39 is 5.41 Å². The minimum atomic E-state index is -0.534. The standard InChI is InChI=1S/C17H28N2O.ClH/c1-5-6-7-15(12-18)19-16(20)17(3,4)14-10-8-13(2)9-11-14;/h8-11,15H,5-7,12,18H2,1-4H3,(H,19,20);1H. The Morgan fingerprint density at radius 2 is 1.86 bits per heavy atom. The van der Waals surface area contributed by atoms with Gasteiger partial charge in [-0.1, -0.05) is 49.6 Å². The van der Waals surface area contributed by atoms with Crippen molar-refractivity contribution in [2.75, 3.05) is 6.54 Å². The second-order valence-electron chi connectivity index (χ2n) is 6.04. The van der Waals surface area contributed by atoms with Gasteiger partial charge in [-0.15, -0.1) is 12.4 Å². The zero-order valence-corrected chi connectivity index (χ0v) is 14.4. The second kappa shape index (κ2) is 9.06. The molecule has 0 heterocycles. The molecule has 3 nitrogen and oxygen atoms in total. The first-order chi connectivity index (χ1) is 9.41. The van der Waals surface area contributed by atoms with Gasteiger partial charge in [-0.2, -0.15) is 0 Å². The van der Waals surface area contributed by atoms with Gasteiger partial charge in [-0.25, -0.2) is 0 Å². The molecule has 0 radical (unpaired) electrons. The van der Waals surface area contributed by atoms with Gasteiger partial charge in [0.15, 0.2) is 0 Å². The number of hydrogen-bond donors (Lipinski definition) is 2. The maximum Gasteiger partial charge on any atom is 0.230 e. The Morgan fingerprint density at radius 1 is 1.29 bits per heavy atom. The molecule has 0 spiro atoms. The summed E-state index contributed by atoms with van der Waals surface area (Å²) in [6, 6.07) is 8.22. The van der Waals surface area contributed by atoms with Crippen molar-refractivity contribution in [2.45, 2.75) is 58.4 Å². The number of unbranched alkanes of at least 4 members (excludes halogenated alkanes) is 1. The van der Waals surface area contributed by atoms with Crippen LogP contribution < -0.4 is 11.1 Å². The summed E-state index contributed by atoms with van der Waals surface area (Å²) in [6.45, 7) is 8.61. The first-order valence-electron chi connectivity index (χ1n) is 7.50. The van der Waals surface area contributed by atoms with Crippen molar-refractivity contribution in [3.8, 4) is 0 Å². The largest absolute Gasteiger partial charge is 0.351 e. The maximum absolute atomic E-state index is 12.5. The van der Waals surface area contributed by atoms with E-state index in [4.69, 9.17) is 5.73 Å². The zero-order chi connectivity index (χ0) is 15.2. The van der Waals surface area contributed by atoms with Crippen LogP contribution in [0.15, 0.2) is 24.3 Å². The summed E-state index contributed by atoms with van der Waals surface area (Å²) < 4.78 is 0. The first kappa shape index (κ1) is 19.9. The molecule has 21 heavy (non-hydrogen) atoms. The Kier molecular flexibility index (Phi) is 8.60. The van der Waals surface area contributed by atoms with E-state index in [2.05, 4.69) is 12.2 Å². The van der Waals surface area contributed by atoms with E-state index in [9.17, 15) is 4.79 Å². The summed E-state index contributed by atoms with van der Waals surface area (Å²) >= 11 is 0. The van der Waals surface area contributed by atoms with Crippen LogP contribution in [-0.4, -0.2) is 18.5 Å². The van der Waals surface area contributed by atoms with E-state index in [1.165, 1.54) is 5.56 Å². The summed E-state index contributed by atoms with van der Waals surface area (Å²) in [6.07, 6.45) is 3.16. The lowest BCUT2D eigenvalue weighted by molar-refractivity contribution is -0.126. The molecule has 0 aliphatic heterocycles. The molecule has 1 amide bonds. The maximum atomic E-state index is 12.5. The number of amides is 1. The van der Waals surface area contributed by atoms with Crippen LogP contribution in [0.4, 0.5) is 0 Å². The number of benzene rings is 1. The van der Waals surface area contributed by atoms with Crippen molar-refractivity contribution >= 4 is 18.3 Å². The Bertz CT molecular complexity index is 429. The van der Waals surface area contributed by atoms with Crippen LogP contribution in [0.3, 0.4) is 0 Å². The first-order valence-corrected chi connectivity index (χ1v) is 7.50. The van der Waals surface area contributed by atoms with Crippen molar-refractivity contribution in [3.05, 3.63) is 35.4 Å². The van der Waals surface area contributed by atoms with E-state index in [0.29, 0.717) is 6.54 Å². The average Bonchev–Trinajstić information content (AvgIpc) is 2.43. The molecule has 4 heteroatoms. The molecular weight excluding hydrogens is 284 g/mol. The lowest BCUT2D eigenvalue weighted by Gasteiger charge is -2.27. The van der Waals surface area contributed by atoms with Crippen molar-refractivity contribution in [2.24, 2.45) is 5.73 Å². The fourth-order valence-corrected chi connectivity index (χ4v) is 2.17. The minimum absolute atomic E-state index is 0. The molecule has 1 aromatic rings. The van der Waals surface area contributed by atoms with Crippen LogP contribution in [0.25, 0.3) is 0 Å². The van der Waals surface area contributed by atoms with Gasteiger partial charge in [-0.3, -0.25) is 4.79 Å². The monoisotopic (exact) mass is 312 g/mol. The molecular formula is C17H29ClN2O. The third kappa shape index (κ3) is 5.68. The molecule has 1 aromatic carbocycles. The molecule has 1 atom stereocenters. The van der Waals surface area contributed by atoms with Gasteiger partial charge in [0.25, 0.3) is 0 Å². The highest BCUT2D eigenvalue weighted by molar-refractivity contribution is 5.87. The lowest BCUT2D eigenvalue weighted by Crippen LogP contribution is -2.47. The second-order valence-corrected chi connectivity index (χ2v) is 6.04. The van der Waals surface area contributed by atoms with Crippen LogP contribution in [-0.2, 0) is 10.2 Å². The SMILES string of the molecule is CCCCC(CN)NC(=O)C(C)(C)c1ccc(C)cc1.Cl. The fourth-order valence-electron chi connectivity index (χ4n) is 2.17. The highest BCUT2D eigenvalue weighted by Crippen LogP contribution is 2.24. The van der Waals surface area contributed by atoms with Gasteiger partial charge >= 0.3 is 0 Å². The van der Waals surface area contributed by atoms with E-state index in [0.717, 1.165) is 24.8 Å². The number of nitrogens with one attached hydrogen (secondary N) is 1. The van der Waals surface area contributed by atoms with Crippen molar-refractivity contribution in [1.82, 2.24) is 5.32 Å². The zero-order valence-electron chi connectivity index (χ0n) is 13.6. The van der Waals surface area contributed by atoms with Crippen molar-refractivity contribution in [1.29, 1.82) is 0 Å². The highest BCUT2D eigenvalue weighted by Gasteiger charge is 2.30. The molecule has 1 rings (SSSR count). The Balaban J connectivity index is 0.00000400. The van der Waals surface area contributed by atoms with Crippen LogP contribution in [0.5, 0.6) is 0 Å². The quantitative estimate of drug-likeness (QED) is 0.811. The van der Waals surface area contributed by atoms with Crippen LogP contribution >= 0.6 is 12.4 Å². The van der Waals surface area contributed by atoms with Gasteiger partial charge in [0, 0.05) is 12.6 Å². The molecule has 0 saturated carbocycles. The Labute approximate surface area is 135 Å². The molecule has 0 fully saturated rings. The molecule has 1 unspecified atom stereocenters. The van der Waals surface area contributed by atoms with Crippen LogP contribution in [0.1, 0.15) is 51.2 Å². The number of carbonyl (C=O) groups is 1. The molecule has 0 aromatic heterocycles. The summed E-state index contributed by atoms with van der Waals surface area (Å²) in [4.78, 5) is 12.5. The normalized spacial score (nSPS) is 12.4. The molecule has 0 aliphatic carbocycles. The summed E-state index contributed by atoms with van der Waals surface area (Å²) in [5, 5.41) is 3.09. The topological polar surface area (TPSA) is 55.1 Å². The lowest BCUT2D eigenvalue weighted by atomic mass is 9.83. The summed E-state index contributed by atoms with van der Waals surface area (Å²) in [7, 11) is 0. The van der Waals surface area contributed by atoms with Crippen LogP contribution in [0.2, 0.25) is 0 Å². The van der Waals surface area contributed by atoms with Crippen molar-refractivity contribution in [3.63, 3.8) is 0 Å². The highest BCUT2D eigenvalue weighted by atomic mass is 35.5. The smallest absolute Gasteiger partial charge is 0.230 e. The minimum Gasteiger partial charge on any atom is -0.351 e. The molecule has 3 N–H and O–H groups in total. The summed E-state index contributed by atoms with van der Waals surface area (Å²) in [5.74, 6) is 0.0490. The third-order valence-electron chi connectivity index (χ3n) is 3.87. The average molecular weight is 313 g/mol. The third-order valence-corrected chi connectivity index (χ3v) is 3.87. The number of aryl methyl sites for hydroxylation is 1. The number of nitrogens with two attached hydrogens (primary N) is 1. The molecule has 0 aliphatic rings. The molecule has 0 bridgehead atoms. The van der Waals surface area contributed by atoms with Gasteiger partial charge < -0.3 is 11.1 Å². The van der Waals surface area contributed by atoms with Crippen LogP contribution in [0, 0.1) is 6.92 Å². The van der Waals surface area contributed by atoms with E-state index in [-0.39, 0.29) is 24.4 Å². The van der Waals surface area contributed by atoms with E-state index >= 15 is 0 Å². The number of hydrogen-bond acceptors (Lipinski definition) is 2. The number of rotatable bonds is 7. The van der Waals surface area contributed by atoms with E-state index in [1.54, 1.807) is 0 Å². The van der Waals surface area contributed by atoms with Gasteiger partial charge in [0.1, 0.15) is 0 Å². The van der Waals surface area contributed by atoms with Gasteiger partial charge in [0.2, 0.25) is 5.91 Å². The molecule has 0 saturated heterocycles. The number of carbonyl (C=O) groups excluding carboxylic acids is 1. The van der Waals surface area contributed by atoms with Gasteiger partial charge in [0.05, 0.1) is 5.41 Å². The number of halogens is 1. The fraction of sp³-hybridized carbons (Fsp3) is 0.588. The Hall–Kier alpha value is -1.06. The van der Waals surface area contributed by atoms with Gasteiger partial charge in [-0.05, 0) is 32.8 Å².